The highest BCUT2D eigenvalue weighted by Gasteiger charge is 2.48. The van der Waals surface area contributed by atoms with Crippen LogP contribution in [0.2, 0.25) is 5.02 Å². The Balaban J connectivity index is 1.57. The quantitative estimate of drug-likeness (QED) is 0.868. The van der Waals surface area contributed by atoms with Crippen LogP contribution in [-0.4, -0.2) is 40.4 Å². The number of phenolic OH excluding ortho intramolecular Hbond substituents is 1. The molecular weight excluding hydrogens is 367 g/mol. The Morgan fingerprint density at radius 3 is 2.74 bits per heavy atom. The van der Waals surface area contributed by atoms with Crippen molar-refractivity contribution in [2.24, 2.45) is 11.8 Å². The van der Waals surface area contributed by atoms with Crippen molar-refractivity contribution < 1.29 is 14.3 Å². The lowest BCUT2D eigenvalue weighted by atomic mass is 9.89. The topological polar surface area (TPSA) is 43.8 Å². The van der Waals surface area contributed by atoms with Crippen LogP contribution in [0, 0.1) is 17.7 Å². The van der Waals surface area contributed by atoms with Crippen LogP contribution in [0.4, 0.5) is 4.39 Å². The lowest BCUT2D eigenvalue weighted by Gasteiger charge is -2.29. The van der Waals surface area contributed by atoms with Crippen molar-refractivity contribution in [1.29, 1.82) is 0 Å². The Kier molecular flexibility index (Phi) is 4.82. The van der Waals surface area contributed by atoms with Gasteiger partial charge in [-0.1, -0.05) is 35.9 Å². The normalized spacial score (nSPS) is 25.0. The van der Waals surface area contributed by atoms with Crippen molar-refractivity contribution in [1.82, 2.24) is 9.80 Å². The summed E-state index contributed by atoms with van der Waals surface area (Å²) in [4.78, 5) is 16.4. The summed E-state index contributed by atoms with van der Waals surface area (Å²) in [6.07, 6.45) is 0. The van der Waals surface area contributed by atoms with Gasteiger partial charge in [-0.05, 0) is 35.2 Å². The lowest BCUT2D eigenvalue weighted by molar-refractivity contribution is -0.130. The Hall–Kier alpha value is -2.11. The third kappa shape index (κ3) is 3.42. The average molecular weight is 389 g/mol. The predicted octanol–water partition coefficient (Wildman–Crippen LogP) is 3.84. The molecule has 0 bridgehead atoms. The van der Waals surface area contributed by atoms with E-state index >= 15 is 0 Å². The van der Waals surface area contributed by atoms with Crippen molar-refractivity contribution in [2.45, 2.75) is 19.5 Å². The van der Waals surface area contributed by atoms with E-state index < -0.39 is 0 Å². The maximum Gasteiger partial charge on any atom is 0.219 e. The standard InChI is InChI=1S/C21H22ClFN2O2/c1-13(26)25-11-16-10-24(9-15-5-3-7-19(27)20(15)22)12-18(16)21(25)14-4-2-6-17(23)8-14/h2-8,16,18,21,27H,9-12H2,1H3/t16-,18-,21+/m1/s1. The Morgan fingerprint density at radius 1 is 1.22 bits per heavy atom. The van der Waals surface area contributed by atoms with Crippen molar-refractivity contribution in [2.75, 3.05) is 19.6 Å². The number of likely N-dealkylation sites (tertiary alicyclic amines) is 2. The number of amides is 1. The molecule has 2 heterocycles. The Morgan fingerprint density at radius 2 is 2.00 bits per heavy atom. The molecular formula is C21H22ClFN2O2. The highest BCUT2D eigenvalue weighted by Crippen LogP contribution is 2.45. The molecule has 0 radical (unpaired) electrons. The minimum absolute atomic E-state index is 0.0289. The number of hydrogen-bond donors (Lipinski definition) is 1. The van der Waals surface area contributed by atoms with Gasteiger partial charge in [0.05, 0.1) is 11.1 Å². The van der Waals surface area contributed by atoms with Gasteiger partial charge in [-0.25, -0.2) is 4.39 Å². The molecule has 2 aromatic rings. The molecule has 142 valence electrons. The summed E-state index contributed by atoms with van der Waals surface area (Å²) in [7, 11) is 0. The molecule has 3 atom stereocenters. The van der Waals surface area contributed by atoms with Crippen molar-refractivity contribution in [3.05, 3.63) is 64.4 Å². The van der Waals surface area contributed by atoms with Gasteiger partial charge in [0.1, 0.15) is 11.6 Å². The summed E-state index contributed by atoms with van der Waals surface area (Å²) in [5.41, 5.74) is 1.75. The summed E-state index contributed by atoms with van der Waals surface area (Å²) in [6, 6.07) is 11.8. The van der Waals surface area contributed by atoms with E-state index in [1.807, 2.05) is 17.0 Å². The van der Waals surface area contributed by atoms with E-state index in [9.17, 15) is 14.3 Å². The first-order chi connectivity index (χ1) is 12.9. The minimum Gasteiger partial charge on any atom is -0.506 e. The molecule has 2 aliphatic heterocycles. The van der Waals surface area contributed by atoms with Crippen LogP contribution in [0.15, 0.2) is 42.5 Å². The van der Waals surface area contributed by atoms with E-state index in [0.29, 0.717) is 24.0 Å². The zero-order valence-electron chi connectivity index (χ0n) is 15.1. The van der Waals surface area contributed by atoms with Gasteiger partial charge in [-0.2, -0.15) is 0 Å². The van der Waals surface area contributed by atoms with E-state index in [1.54, 1.807) is 25.1 Å². The molecule has 1 amide bonds. The summed E-state index contributed by atoms with van der Waals surface area (Å²) in [6.45, 7) is 4.58. The van der Waals surface area contributed by atoms with Crippen molar-refractivity contribution in [3.8, 4) is 5.75 Å². The molecule has 2 fully saturated rings. The van der Waals surface area contributed by atoms with Crippen molar-refractivity contribution >= 4 is 17.5 Å². The first kappa shape index (κ1) is 18.3. The van der Waals surface area contributed by atoms with Crippen LogP contribution in [0.5, 0.6) is 5.75 Å². The molecule has 6 heteroatoms. The molecule has 1 N–H and O–H groups in total. The highest BCUT2D eigenvalue weighted by atomic mass is 35.5. The fourth-order valence-corrected chi connectivity index (χ4v) is 4.82. The summed E-state index contributed by atoms with van der Waals surface area (Å²) in [5, 5.41) is 10.2. The first-order valence-electron chi connectivity index (χ1n) is 9.15. The fourth-order valence-electron chi connectivity index (χ4n) is 4.64. The van der Waals surface area contributed by atoms with Gasteiger partial charge in [-0.15, -0.1) is 0 Å². The monoisotopic (exact) mass is 388 g/mol. The Bertz CT molecular complexity index is 875. The number of carbonyl (C=O) groups is 1. The minimum atomic E-state index is -0.277. The summed E-state index contributed by atoms with van der Waals surface area (Å²) < 4.78 is 13.8. The maximum atomic E-state index is 13.8. The van der Waals surface area contributed by atoms with E-state index in [4.69, 9.17) is 11.6 Å². The van der Waals surface area contributed by atoms with Gasteiger partial charge >= 0.3 is 0 Å². The summed E-state index contributed by atoms with van der Waals surface area (Å²) in [5.74, 6) is 0.445. The second-order valence-electron chi connectivity index (χ2n) is 7.54. The number of carbonyl (C=O) groups excluding carboxylic acids is 1. The number of nitrogens with zero attached hydrogens (tertiary/aromatic N) is 2. The smallest absolute Gasteiger partial charge is 0.219 e. The second-order valence-corrected chi connectivity index (χ2v) is 7.92. The molecule has 0 saturated carbocycles. The third-order valence-electron chi connectivity index (χ3n) is 5.79. The van der Waals surface area contributed by atoms with Gasteiger partial charge < -0.3 is 10.0 Å². The SMILES string of the molecule is CC(=O)N1C[C@H]2CN(Cc3cccc(O)c3Cl)C[C@H]2[C@@H]1c1cccc(F)c1. The number of rotatable bonds is 3. The van der Waals surface area contributed by atoms with Crippen LogP contribution in [-0.2, 0) is 11.3 Å². The van der Waals surface area contributed by atoms with Gasteiger partial charge in [0.15, 0.2) is 0 Å². The summed E-state index contributed by atoms with van der Waals surface area (Å²) >= 11 is 6.23. The Labute approximate surface area is 163 Å². The van der Waals surface area contributed by atoms with Gasteiger partial charge in [0.2, 0.25) is 5.91 Å². The maximum absolute atomic E-state index is 13.8. The second kappa shape index (κ2) is 7.13. The number of halogens is 2. The zero-order valence-corrected chi connectivity index (χ0v) is 15.9. The number of aromatic hydroxyl groups is 1. The van der Waals surface area contributed by atoms with E-state index in [2.05, 4.69) is 4.90 Å². The van der Waals surface area contributed by atoms with Crippen LogP contribution in [0.25, 0.3) is 0 Å². The number of hydrogen-bond acceptors (Lipinski definition) is 3. The molecule has 0 aliphatic carbocycles. The van der Waals surface area contributed by atoms with Crippen molar-refractivity contribution in [3.63, 3.8) is 0 Å². The predicted molar refractivity (Wildman–Crippen MR) is 102 cm³/mol. The highest BCUT2D eigenvalue weighted by molar-refractivity contribution is 6.32. The fraction of sp³-hybridized carbons (Fsp3) is 0.381. The number of benzene rings is 2. The van der Waals surface area contributed by atoms with Gasteiger partial charge in [-0.3, -0.25) is 9.69 Å². The van der Waals surface area contributed by atoms with E-state index in [1.165, 1.54) is 12.1 Å². The third-order valence-corrected chi connectivity index (χ3v) is 6.22. The molecule has 4 rings (SSSR count). The van der Waals surface area contributed by atoms with E-state index in [0.717, 1.165) is 24.2 Å². The number of fused-ring (bicyclic) bond motifs is 1. The molecule has 27 heavy (non-hydrogen) atoms. The molecule has 2 aliphatic rings. The molecule has 0 unspecified atom stereocenters. The van der Waals surface area contributed by atoms with Gasteiger partial charge in [0, 0.05) is 39.0 Å². The molecule has 2 saturated heterocycles. The number of phenols is 1. The van der Waals surface area contributed by atoms with Crippen LogP contribution >= 0.6 is 11.6 Å². The van der Waals surface area contributed by atoms with Gasteiger partial charge in [0.25, 0.3) is 0 Å². The van der Waals surface area contributed by atoms with Crippen LogP contribution in [0.1, 0.15) is 24.1 Å². The first-order valence-corrected chi connectivity index (χ1v) is 9.53. The van der Waals surface area contributed by atoms with E-state index in [-0.39, 0.29) is 29.4 Å². The largest absolute Gasteiger partial charge is 0.506 e. The lowest BCUT2D eigenvalue weighted by Crippen LogP contribution is -2.34. The molecule has 2 aromatic carbocycles. The van der Waals surface area contributed by atoms with Crippen LogP contribution < -0.4 is 0 Å². The molecule has 0 spiro atoms. The zero-order chi connectivity index (χ0) is 19.1. The molecule has 4 nitrogen and oxygen atoms in total. The molecule has 0 aromatic heterocycles. The van der Waals surface area contributed by atoms with Crippen LogP contribution in [0.3, 0.4) is 0 Å². The average Bonchev–Trinajstić information content (AvgIpc) is 3.16.